The quantitative estimate of drug-likeness (QED) is 0.484. The molecule has 0 saturated heterocycles. The van der Waals surface area contributed by atoms with Gasteiger partial charge in [0.15, 0.2) is 0 Å². The van der Waals surface area contributed by atoms with Crippen LogP contribution in [-0.2, 0) is 0 Å². The molecular formula is C17H21NOS. The monoisotopic (exact) mass is 287 g/mol. The fourth-order valence-electron chi connectivity index (χ4n) is 1.94. The second kappa shape index (κ2) is 7.25. The maximum absolute atomic E-state index is 5.99. The Balaban J connectivity index is 1.71. The van der Waals surface area contributed by atoms with Crippen LogP contribution >= 0.6 is 11.8 Å². The van der Waals surface area contributed by atoms with Gasteiger partial charge in [0.05, 0.1) is 6.61 Å². The fourth-order valence-corrected chi connectivity index (χ4v) is 2.81. The van der Waals surface area contributed by atoms with E-state index < -0.39 is 0 Å². The van der Waals surface area contributed by atoms with Crippen LogP contribution in [0.2, 0.25) is 0 Å². The summed E-state index contributed by atoms with van der Waals surface area (Å²) in [7, 11) is 0. The molecule has 0 aromatic heterocycles. The lowest BCUT2D eigenvalue weighted by molar-refractivity contribution is 0.318. The molecule has 0 unspecified atom stereocenters. The largest absolute Gasteiger partial charge is 0.494 e. The van der Waals surface area contributed by atoms with E-state index in [0.29, 0.717) is 0 Å². The van der Waals surface area contributed by atoms with Gasteiger partial charge in [-0.15, -0.1) is 11.8 Å². The van der Waals surface area contributed by atoms with Crippen LogP contribution in [0.4, 0.5) is 5.69 Å². The molecule has 0 saturated carbocycles. The molecule has 3 heteroatoms. The van der Waals surface area contributed by atoms with Crippen LogP contribution in [0.5, 0.6) is 5.75 Å². The lowest BCUT2D eigenvalue weighted by Gasteiger charge is -2.08. The molecule has 0 fully saturated rings. The van der Waals surface area contributed by atoms with E-state index in [1.807, 2.05) is 18.2 Å². The third kappa shape index (κ3) is 4.49. The summed E-state index contributed by atoms with van der Waals surface area (Å²) in [4.78, 5) is 1.16. The molecule has 0 bridgehead atoms. The number of nitrogens with two attached hydrogens (primary N) is 1. The molecule has 2 aromatic rings. The van der Waals surface area contributed by atoms with Crippen LogP contribution < -0.4 is 10.5 Å². The number of anilines is 1. The van der Waals surface area contributed by atoms with E-state index in [9.17, 15) is 0 Å². The van der Waals surface area contributed by atoms with Crippen molar-refractivity contribution in [2.45, 2.75) is 25.2 Å². The normalized spacial score (nSPS) is 10.5. The number of ether oxygens (including phenoxy) is 1. The Kier molecular flexibility index (Phi) is 5.36. The zero-order chi connectivity index (χ0) is 14.4. The Morgan fingerprint density at radius 3 is 2.60 bits per heavy atom. The first-order valence-corrected chi connectivity index (χ1v) is 7.82. The van der Waals surface area contributed by atoms with Crippen molar-refractivity contribution in [2.24, 2.45) is 0 Å². The van der Waals surface area contributed by atoms with Gasteiger partial charge < -0.3 is 10.5 Å². The van der Waals surface area contributed by atoms with E-state index in [-0.39, 0.29) is 0 Å². The predicted molar refractivity (Wildman–Crippen MR) is 87.6 cm³/mol. The van der Waals surface area contributed by atoms with Gasteiger partial charge >= 0.3 is 0 Å². The first-order chi connectivity index (χ1) is 9.65. The summed E-state index contributed by atoms with van der Waals surface area (Å²) in [6, 6.07) is 14.4. The average Bonchev–Trinajstić information content (AvgIpc) is 2.41. The third-order valence-corrected chi connectivity index (χ3v) is 4.15. The second-order valence-corrected chi connectivity index (χ2v) is 6.05. The van der Waals surface area contributed by atoms with Crippen molar-refractivity contribution in [2.75, 3.05) is 18.1 Å². The molecule has 0 aliphatic heterocycles. The Morgan fingerprint density at radius 1 is 1.05 bits per heavy atom. The van der Waals surface area contributed by atoms with E-state index in [1.54, 1.807) is 11.8 Å². The summed E-state index contributed by atoms with van der Waals surface area (Å²) in [6.45, 7) is 4.87. The van der Waals surface area contributed by atoms with Crippen molar-refractivity contribution in [3.8, 4) is 5.75 Å². The Morgan fingerprint density at radius 2 is 1.85 bits per heavy atom. The maximum atomic E-state index is 5.99. The van der Waals surface area contributed by atoms with E-state index in [0.717, 1.165) is 35.1 Å². The minimum absolute atomic E-state index is 0.738. The number of thioether (sulfide) groups is 1. The molecule has 0 amide bonds. The van der Waals surface area contributed by atoms with Crippen molar-refractivity contribution in [1.29, 1.82) is 0 Å². The van der Waals surface area contributed by atoms with Crippen LogP contribution in [0.3, 0.4) is 0 Å². The van der Waals surface area contributed by atoms with Crippen LogP contribution in [0.1, 0.15) is 17.5 Å². The number of hydrogen-bond donors (Lipinski definition) is 1. The summed E-state index contributed by atoms with van der Waals surface area (Å²) in [5.41, 5.74) is 9.29. The lowest BCUT2D eigenvalue weighted by atomic mass is 10.2. The standard InChI is InChI=1S/C17H21NOS/c1-13-5-3-6-15(11-13)19-9-4-10-20-17-8-7-14(2)12-16(17)18/h3,5-8,11-12H,4,9-10,18H2,1-2H3. The number of hydrogen-bond acceptors (Lipinski definition) is 3. The highest BCUT2D eigenvalue weighted by Crippen LogP contribution is 2.26. The highest BCUT2D eigenvalue weighted by atomic mass is 32.2. The topological polar surface area (TPSA) is 35.2 Å². The Hall–Kier alpha value is -1.61. The van der Waals surface area contributed by atoms with E-state index >= 15 is 0 Å². The van der Waals surface area contributed by atoms with E-state index in [4.69, 9.17) is 10.5 Å². The molecular weight excluding hydrogens is 266 g/mol. The lowest BCUT2D eigenvalue weighted by Crippen LogP contribution is -1.99. The Labute approximate surface area is 125 Å². The fraction of sp³-hybridized carbons (Fsp3) is 0.294. The van der Waals surface area contributed by atoms with Gasteiger partial charge in [0, 0.05) is 16.3 Å². The van der Waals surface area contributed by atoms with Crippen molar-refractivity contribution < 1.29 is 4.74 Å². The summed E-state index contributed by atoms with van der Waals surface area (Å²) >= 11 is 1.79. The third-order valence-electron chi connectivity index (χ3n) is 2.97. The number of aryl methyl sites for hydroxylation is 2. The minimum atomic E-state index is 0.738. The molecule has 2 aromatic carbocycles. The van der Waals surface area contributed by atoms with E-state index in [1.165, 1.54) is 11.1 Å². The Bertz CT molecular complexity index is 569. The molecule has 0 spiro atoms. The first kappa shape index (κ1) is 14.8. The van der Waals surface area contributed by atoms with Gasteiger partial charge in [0.1, 0.15) is 5.75 Å². The predicted octanol–water partition coefficient (Wildman–Crippen LogP) is 4.45. The number of rotatable bonds is 6. The first-order valence-electron chi connectivity index (χ1n) is 6.83. The zero-order valence-corrected chi connectivity index (χ0v) is 12.9. The highest BCUT2D eigenvalue weighted by Gasteiger charge is 2.00. The zero-order valence-electron chi connectivity index (χ0n) is 12.1. The van der Waals surface area contributed by atoms with Gasteiger partial charge in [-0.25, -0.2) is 0 Å². The molecule has 106 valence electrons. The number of nitrogen functional groups attached to an aromatic ring is 1. The summed E-state index contributed by atoms with van der Waals surface area (Å²) in [5, 5.41) is 0. The van der Waals surface area contributed by atoms with Crippen molar-refractivity contribution in [3.63, 3.8) is 0 Å². The molecule has 20 heavy (non-hydrogen) atoms. The molecule has 2 rings (SSSR count). The smallest absolute Gasteiger partial charge is 0.119 e. The molecule has 2 nitrogen and oxygen atoms in total. The molecule has 2 N–H and O–H groups in total. The molecule has 0 heterocycles. The van der Waals surface area contributed by atoms with Crippen LogP contribution in [0, 0.1) is 13.8 Å². The summed E-state index contributed by atoms with van der Waals surface area (Å²) in [6.07, 6.45) is 1.01. The van der Waals surface area contributed by atoms with Crippen LogP contribution in [0.25, 0.3) is 0 Å². The van der Waals surface area contributed by atoms with E-state index in [2.05, 4.69) is 38.1 Å². The second-order valence-electron chi connectivity index (χ2n) is 4.91. The van der Waals surface area contributed by atoms with Gasteiger partial charge in [-0.05, 0) is 55.7 Å². The van der Waals surface area contributed by atoms with Crippen molar-refractivity contribution in [1.82, 2.24) is 0 Å². The summed E-state index contributed by atoms with van der Waals surface area (Å²) < 4.78 is 5.73. The number of benzene rings is 2. The average molecular weight is 287 g/mol. The van der Waals surface area contributed by atoms with Gasteiger partial charge in [-0.1, -0.05) is 18.2 Å². The maximum Gasteiger partial charge on any atom is 0.119 e. The van der Waals surface area contributed by atoms with Gasteiger partial charge in [0.2, 0.25) is 0 Å². The van der Waals surface area contributed by atoms with Crippen LogP contribution in [-0.4, -0.2) is 12.4 Å². The highest BCUT2D eigenvalue weighted by molar-refractivity contribution is 7.99. The molecule has 0 aliphatic carbocycles. The molecule has 0 aliphatic rings. The SMILES string of the molecule is Cc1cccc(OCCCSc2ccc(C)cc2N)c1. The van der Waals surface area contributed by atoms with Crippen molar-refractivity contribution >= 4 is 17.4 Å². The van der Waals surface area contributed by atoms with Crippen molar-refractivity contribution in [3.05, 3.63) is 53.6 Å². The summed E-state index contributed by atoms with van der Waals surface area (Å²) in [5.74, 6) is 1.96. The van der Waals surface area contributed by atoms with Gasteiger partial charge in [-0.2, -0.15) is 0 Å². The minimum Gasteiger partial charge on any atom is -0.494 e. The van der Waals surface area contributed by atoms with Crippen LogP contribution in [0.15, 0.2) is 47.4 Å². The van der Waals surface area contributed by atoms with Gasteiger partial charge in [-0.3, -0.25) is 0 Å². The van der Waals surface area contributed by atoms with Gasteiger partial charge in [0.25, 0.3) is 0 Å². The molecule has 0 radical (unpaired) electrons. The molecule has 0 atom stereocenters.